The van der Waals surface area contributed by atoms with Crippen LogP contribution in [0.3, 0.4) is 0 Å². The zero-order valence-electron chi connectivity index (χ0n) is 16.3. The van der Waals surface area contributed by atoms with Crippen molar-refractivity contribution in [1.82, 2.24) is 4.90 Å². The first-order valence-corrected chi connectivity index (χ1v) is 9.52. The number of methoxy groups -OCH3 is 1. The highest BCUT2D eigenvalue weighted by molar-refractivity contribution is 6.01. The molecular formula is C22H26N2O4. The molecule has 1 aliphatic rings. The van der Waals surface area contributed by atoms with Crippen molar-refractivity contribution in [1.29, 1.82) is 0 Å². The van der Waals surface area contributed by atoms with Crippen LogP contribution in [-0.2, 0) is 9.63 Å². The number of nitrogens with zero attached hydrogens (tertiary/aromatic N) is 2. The third-order valence-corrected chi connectivity index (χ3v) is 4.53. The van der Waals surface area contributed by atoms with Gasteiger partial charge in [-0.05, 0) is 48.4 Å². The van der Waals surface area contributed by atoms with Crippen LogP contribution in [0.15, 0.2) is 59.8 Å². The Morgan fingerprint density at radius 3 is 2.57 bits per heavy atom. The fourth-order valence-electron chi connectivity index (χ4n) is 3.07. The topological polar surface area (TPSA) is 60.4 Å². The van der Waals surface area contributed by atoms with Gasteiger partial charge in [-0.3, -0.25) is 4.79 Å². The molecule has 0 aliphatic carbocycles. The Hall–Kier alpha value is -3.02. The molecule has 0 bridgehead atoms. The Kier molecular flexibility index (Phi) is 6.89. The molecule has 28 heavy (non-hydrogen) atoms. The predicted octanol–water partition coefficient (Wildman–Crippen LogP) is 3.51. The molecule has 0 fully saturated rings. The van der Waals surface area contributed by atoms with Crippen LogP contribution in [0.2, 0.25) is 0 Å². The van der Waals surface area contributed by atoms with Gasteiger partial charge in [0.05, 0.1) is 19.4 Å². The Bertz CT molecular complexity index is 790. The Labute approximate surface area is 165 Å². The van der Waals surface area contributed by atoms with Crippen LogP contribution in [0.1, 0.15) is 25.3 Å². The summed E-state index contributed by atoms with van der Waals surface area (Å²) < 4.78 is 10.8. The van der Waals surface area contributed by atoms with E-state index in [2.05, 4.69) is 5.16 Å². The van der Waals surface area contributed by atoms with E-state index in [1.165, 1.54) is 0 Å². The summed E-state index contributed by atoms with van der Waals surface area (Å²) in [6.07, 6.45) is 1.39. The minimum absolute atomic E-state index is 0.0168. The lowest BCUT2D eigenvalue weighted by molar-refractivity contribution is -0.135. The Morgan fingerprint density at radius 1 is 1.14 bits per heavy atom. The first-order valence-electron chi connectivity index (χ1n) is 9.52. The molecule has 0 saturated heterocycles. The summed E-state index contributed by atoms with van der Waals surface area (Å²) in [5.41, 5.74) is 1.89. The number of carbonyl (C=O) groups is 1. The maximum absolute atomic E-state index is 12.6. The molecule has 1 unspecified atom stereocenters. The molecule has 2 aromatic carbocycles. The fraction of sp³-hybridized carbons (Fsp3) is 0.364. The van der Waals surface area contributed by atoms with Gasteiger partial charge >= 0.3 is 0 Å². The fourth-order valence-corrected chi connectivity index (χ4v) is 3.07. The van der Waals surface area contributed by atoms with E-state index in [0.29, 0.717) is 25.3 Å². The summed E-state index contributed by atoms with van der Waals surface area (Å²) in [4.78, 5) is 20.0. The third-order valence-electron chi connectivity index (χ3n) is 4.53. The highest BCUT2D eigenvalue weighted by Crippen LogP contribution is 2.20. The van der Waals surface area contributed by atoms with Crippen molar-refractivity contribution in [3.8, 4) is 11.5 Å². The van der Waals surface area contributed by atoms with Gasteiger partial charge in [0, 0.05) is 13.0 Å². The maximum atomic E-state index is 12.6. The number of hydrogen-bond donors (Lipinski definition) is 0. The van der Waals surface area contributed by atoms with Gasteiger partial charge in [-0.25, -0.2) is 0 Å². The van der Waals surface area contributed by atoms with Crippen LogP contribution >= 0.6 is 0 Å². The highest BCUT2D eigenvalue weighted by Gasteiger charge is 2.26. The minimum atomic E-state index is -0.149. The van der Waals surface area contributed by atoms with Gasteiger partial charge in [0.2, 0.25) is 0 Å². The van der Waals surface area contributed by atoms with Gasteiger partial charge in [0.1, 0.15) is 11.5 Å². The molecule has 0 radical (unpaired) electrons. The van der Waals surface area contributed by atoms with Gasteiger partial charge in [-0.1, -0.05) is 30.3 Å². The van der Waals surface area contributed by atoms with E-state index in [9.17, 15) is 4.79 Å². The van der Waals surface area contributed by atoms with Crippen molar-refractivity contribution in [3.63, 3.8) is 0 Å². The minimum Gasteiger partial charge on any atom is -0.497 e. The quantitative estimate of drug-likeness (QED) is 0.666. The van der Waals surface area contributed by atoms with Crippen LogP contribution in [-0.4, -0.2) is 49.4 Å². The summed E-state index contributed by atoms with van der Waals surface area (Å²) in [5, 5.41) is 4.22. The number of ether oxygens (including phenoxy) is 2. The van der Waals surface area contributed by atoms with E-state index in [1.54, 1.807) is 12.0 Å². The highest BCUT2D eigenvalue weighted by atomic mass is 16.6. The van der Waals surface area contributed by atoms with Crippen LogP contribution in [0.25, 0.3) is 0 Å². The molecule has 0 spiro atoms. The second kappa shape index (κ2) is 9.78. The molecule has 1 heterocycles. The van der Waals surface area contributed by atoms with E-state index in [1.807, 2.05) is 61.5 Å². The molecule has 1 atom stereocenters. The Morgan fingerprint density at radius 2 is 1.89 bits per heavy atom. The molecule has 0 saturated carbocycles. The van der Waals surface area contributed by atoms with Gasteiger partial charge in [0.25, 0.3) is 5.91 Å². The molecule has 6 heteroatoms. The number of oxime groups is 1. The summed E-state index contributed by atoms with van der Waals surface area (Å²) in [6.45, 7) is 3.22. The van der Waals surface area contributed by atoms with Gasteiger partial charge in [0.15, 0.2) is 12.7 Å². The zero-order valence-corrected chi connectivity index (χ0v) is 16.3. The number of carbonyl (C=O) groups excluding carboxylic acids is 1. The molecule has 0 aromatic heterocycles. The summed E-state index contributed by atoms with van der Waals surface area (Å²) in [7, 11) is 1.64. The lowest BCUT2D eigenvalue weighted by atomic mass is 10.0. The predicted molar refractivity (Wildman–Crippen MR) is 108 cm³/mol. The number of para-hydroxylation sites is 1. The molecule has 2 aromatic rings. The van der Waals surface area contributed by atoms with Crippen LogP contribution in [0.5, 0.6) is 11.5 Å². The van der Waals surface area contributed by atoms with Gasteiger partial charge < -0.3 is 19.2 Å². The van der Waals surface area contributed by atoms with E-state index >= 15 is 0 Å². The first kappa shape index (κ1) is 19.7. The number of hydrogen-bond acceptors (Lipinski definition) is 5. The van der Waals surface area contributed by atoms with Crippen molar-refractivity contribution in [2.75, 3.05) is 26.8 Å². The zero-order chi connectivity index (χ0) is 19.8. The molecule has 0 N–H and O–H groups in total. The Balaban J connectivity index is 1.53. The smallest absolute Gasteiger partial charge is 0.260 e. The van der Waals surface area contributed by atoms with E-state index in [-0.39, 0.29) is 18.6 Å². The number of benzene rings is 2. The normalized spacial score (nSPS) is 15.5. The number of rotatable bonds is 9. The van der Waals surface area contributed by atoms with Crippen molar-refractivity contribution in [3.05, 3.63) is 60.2 Å². The van der Waals surface area contributed by atoms with Crippen molar-refractivity contribution >= 4 is 11.6 Å². The van der Waals surface area contributed by atoms with Gasteiger partial charge in [-0.15, -0.1) is 0 Å². The third kappa shape index (κ3) is 5.25. The first-order chi connectivity index (χ1) is 13.7. The standard InChI is InChI=1S/C22H26N2O4/c1-3-13-24(22(25)16-27-19-7-5-4-6-8-19)15-20-14-21(23-28-20)17-9-11-18(26-2)12-10-17/h4-12,20H,3,13-16H2,1-2H3. The number of amides is 1. The van der Waals surface area contributed by atoms with Gasteiger partial charge in [-0.2, -0.15) is 0 Å². The van der Waals surface area contributed by atoms with E-state index < -0.39 is 0 Å². The van der Waals surface area contributed by atoms with Crippen molar-refractivity contribution in [2.45, 2.75) is 25.9 Å². The summed E-state index contributed by atoms with van der Waals surface area (Å²) >= 11 is 0. The van der Waals surface area contributed by atoms with Crippen LogP contribution in [0, 0.1) is 0 Å². The van der Waals surface area contributed by atoms with Crippen LogP contribution < -0.4 is 9.47 Å². The monoisotopic (exact) mass is 382 g/mol. The average molecular weight is 382 g/mol. The lowest BCUT2D eigenvalue weighted by Gasteiger charge is -2.24. The molecule has 148 valence electrons. The van der Waals surface area contributed by atoms with Crippen molar-refractivity contribution in [2.24, 2.45) is 5.16 Å². The second-order valence-electron chi connectivity index (χ2n) is 6.64. The molecule has 3 rings (SSSR count). The maximum Gasteiger partial charge on any atom is 0.260 e. The molecule has 6 nitrogen and oxygen atoms in total. The molecule has 1 aliphatic heterocycles. The second-order valence-corrected chi connectivity index (χ2v) is 6.64. The van der Waals surface area contributed by atoms with E-state index in [0.717, 1.165) is 23.4 Å². The summed E-state index contributed by atoms with van der Waals surface area (Å²) in [5.74, 6) is 1.44. The molecule has 1 amide bonds. The summed E-state index contributed by atoms with van der Waals surface area (Å²) in [6, 6.07) is 17.1. The van der Waals surface area contributed by atoms with E-state index in [4.69, 9.17) is 14.3 Å². The molecular weight excluding hydrogens is 356 g/mol. The SMILES string of the molecule is CCCN(CC1CC(c2ccc(OC)cc2)=NO1)C(=O)COc1ccccc1. The van der Waals surface area contributed by atoms with Crippen LogP contribution in [0.4, 0.5) is 0 Å². The largest absolute Gasteiger partial charge is 0.497 e. The average Bonchev–Trinajstić information content (AvgIpc) is 3.21. The lowest BCUT2D eigenvalue weighted by Crippen LogP contribution is -2.40. The van der Waals surface area contributed by atoms with Crippen molar-refractivity contribution < 1.29 is 19.1 Å².